The number of hydrogen-bond acceptors (Lipinski definition) is 5. The number of anilines is 1. The SMILES string of the molecule is CCCCCCCCC(=O)N(CC(=O)Nc1cc(C)on1)CC1CCCO1. The Morgan fingerprint density at radius 1 is 1.26 bits per heavy atom. The minimum Gasteiger partial charge on any atom is -0.376 e. The summed E-state index contributed by atoms with van der Waals surface area (Å²) >= 11 is 0. The second-order valence-corrected chi connectivity index (χ2v) is 7.30. The van der Waals surface area contributed by atoms with E-state index in [1.54, 1.807) is 17.9 Å². The van der Waals surface area contributed by atoms with Crippen molar-refractivity contribution < 1.29 is 18.8 Å². The Morgan fingerprint density at radius 3 is 2.70 bits per heavy atom. The van der Waals surface area contributed by atoms with Crippen molar-refractivity contribution in [1.29, 1.82) is 0 Å². The van der Waals surface area contributed by atoms with Crippen molar-refractivity contribution in [2.24, 2.45) is 0 Å². The van der Waals surface area contributed by atoms with Crippen LogP contribution in [0.25, 0.3) is 0 Å². The Balaban J connectivity index is 1.81. The van der Waals surface area contributed by atoms with Crippen molar-refractivity contribution >= 4 is 17.6 Å². The number of nitrogens with one attached hydrogen (secondary N) is 1. The van der Waals surface area contributed by atoms with Crippen LogP contribution in [-0.4, -0.2) is 47.7 Å². The minimum atomic E-state index is -0.266. The van der Waals surface area contributed by atoms with Crippen molar-refractivity contribution in [3.8, 4) is 0 Å². The lowest BCUT2D eigenvalue weighted by Crippen LogP contribution is -2.42. The molecule has 2 rings (SSSR count). The molecule has 2 amide bonds. The molecule has 0 spiro atoms. The molecule has 0 aromatic carbocycles. The van der Waals surface area contributed by atoms with E-state index in [1.165, 1.54) is 25.7 Å². The highest BCUT2D eigenvalue weighted by molar-refractivity contribution is 5.93. The zero-order valence-corrected chi connectivity index (χ0v) is 16.7. The average molecular weight is 380 g/mol. The van der Waals surface area contributed by atoms with Crippen molar-refractivity contribution in [2.75, 3.05) is 25.0 Å². The lowest BCUT2D eigenvalue weighted by molar-refractivity contribution is -0.136. The predicted octanol–water partition coefficient (Wildman–Crippen LogP) is 3.68. The number of hydrogen-bond donors (Lipinski definition) is 1. The lowest BCUT2D eigenvalue weighted by atomic mass is 10.1. The van der Waals surface area contributed by atoms with Crippen LogP contribution >= 0.6 is 0 Å². The zero-order valence-electron chi connectivity index (χ0n) is 16.7. The molecule has 1 fully saturated rings. The summed E-state index contributed by atoms with van der Waals surface area (Å²) in [5.41, 5.74) is 0. The molecular weight excluding hydrogens is 346 g/mol. The third-order valence-electron chi connectivity index (χ3n) is 4.77. The van der Waals surface area contributed by atoms with E-state index in [2.05, 4.69) is 17.4 Å². The highest BCUT2D eigenvalue weighted by atomic mass is 16.5. The number of amides is 2. The molecule has 0 bridgehead atoms. The number of unbranched alkanes of at least 4 members (excludes halogenated alkanes) is 5. The molecule has 1 aromatic heterocycles. The Hall–Kier alpha value is -1.89. The van der Waals surface area contributed by atoms with Gasteiger partial charge in [0, 0.05) is 25.6 Å². The van der Waals surface area contributed by atoms with Gasteiger partial charge >= 0.3 is 0 Å². The number of carbonyl (C=O) groups excluding carboxylic acids is 2. The smallest absolute Gasteiger partial charge is 0.245 e. The van der Waals surface area contributed by atoms with Gasteiger partial charge in [-0.1, -0.05) is 44.2 Å². The highest BCUT2D eigenvalue weighted by Crippen LogP contribution is 2.15. The molecule has 27 heavy (non-hydrogen) atoms. The standard InChI is InChI=1S/C20H33N3O4/c1-3-4-5-6-7-8-11-20(25)23(14-17-10-9-12-26-17)15-19(24)21-18-13-16(2)27-22-18/h13,17H,3-12,14-15H2,1-2H3,(H,21,22,24). The van der Waals surface area contributed by atoms with Crippen molar-refractivity contribution in [3.63, 3.8) is 0 Å². The van der Waals surface area contributed by atoms with Gasteiger partial charge in [-0.3, -0.25) is 9.59 Å². The summed E-state index contributed by atoms with van der Waals surface area (Å²) in [5, 5.41) is 6.45. The number of nitrogens with zero attached hydrogens (tertiary/aromatic N) is 2. The molecular formula is C20H33N3O4. The third-order valence-corrected chi connectivity index (χ3v) is 4.77. The first kappa shape index (κ1) is 21.4. The summed E-state index contributed by atoms with van der Waals surface area (Å²) in [6.45, 7) is 5.17. The predicted molar refractivity (Wildman–Crippen MR) is 103 cm³/mol. The van der Waals surface area contributed by atoms with Gasteiger partial charge in [-0.25, -0.2) is 0 Å². The molecule has 1 saturated heterocycles. The summed E-state index contributed by atoms with van der Waals surface area (Å²) in [5.74, 6) is 0.753. The van der Waals surface area contributed by atoms with Crippen molar-refractivity contribution in [2.45, 2.75) is 77.7 Å². The maximum Gasteiger partial charge on any atom is 0.245 e. The van der Waals surface area contributed by atoms with Crippen LogP contribution in [0.15, 0.2) is 10.6 Å². The van der Waals surface area contributed by atoms with E-state index in [-0.39, 0.29) is 24.5 Å². The summed E-state index contributed by atoms with van der Waals surface area (Å²) in [6.07, 6.45) is 9.24. The molecule has 1 unspecified atom stereocenters. The molecule has 0 radical (unpaired) electrons. The van der Waals surface area contributed by atoms with Gasteiger partial charge < -0.3 is 19.5 Å². The highest BCUT2D eigenvalue weighted by Gasteiger charge is 2.24. The molecule has 1 aliphatic heterocycles. The molecule has 152 valence electrons. The first-order chi connectivity index (χ1) is 13.1. The number of ether oxygens (including phenoxy) is 1. The Labute approximate surface area is 161 Å². The van der Waals surface area contributed by atoms with Gasteiger partial charge in [0.1, 0.15) is 5.76 Å². The molecule has 7 nitrogen and oxygen atoms in total. The maximum absolute atomic E-state index is 12.7. The van der Waals surface area contributed by atoms with E-state index in [9.17, 15) is 9.59 Å². The molecule has 1 atom stereocenters. The number of rotatable bonds is 12. The van der Waals surface area contributed by atoms with Crippen LogP contribution in [0, 0.1) is 6.92 Å². The van der Waals surface area contributed by atoms with E-state index in [0.29, 0.717) is 24.5 Å². The number of aromatic nitrogens is 1. The van der Waals surface area contributed by atoms with Crippen LogP contribution in [0.2, 0.25) is 0 Å². The van der Waals surface area contributed by atoms with Crippen molar-refractivity contribution in [3.05, 3.63) is 11.8 Å². The van der Waals surface area contributed by atoms with E-state index in [1.807, 2.05) is 0 Å². The van der Waals surface area contributed by atoms with E-state index in [4.69, 9.17) is 9.26 Å². The van der Waals surface area contributed by atoms with Crippen molar-refractivity contribution in [1.82, 2.24) is 10.1 Å². The van der Waals surface area contributed by atoms with Crippen LogP contribution < -0.4 is 5.32 Å². The lowest BCUT2D eigenvalue weighted by Gasteiger charge is -2.25. The minimum absolute atomic E-state index is 0.0143. The molecule has 0 saturated carbocycles. The Bertz CT molecular complexity index is 582. The van der Waals surface area contributed by atoms with E-state index in [0.717, 1.165) is 32.3 Å². The fourth-order valence-electron chi connectivity index (χ4n) is 3.28. The van der Waals surface area contributed by atoms with Gasteiger partial charge in [0.25, 0.3) is 0 Å². The summed E-state index contributed by atoms with van der Waals surface area (Å²) < 4.78 is 10.6. The molecule has 0 aliphatic carbocycles. The zero-order chi connectivity index (χ0) is 19.5. The van der Waals surface area contributed by atoms with Crippen LogP contribution in [0.5, 0.6) is 0 Å². The first-order valence-corrected chi connectivity index (χ1v) is 10.2. The fraction of sp³-hybridized carbons (Fsp3) is 0.750. The van der Waals surface area contributed by atoms with Gasteiger partial charge in [-0.2, -0.15) is 0 Å². The second kappa shape index (κ2) is 11.7. The Morgan fingerprint density at radius 2 is 2.04 bits per heavy atom. The van der Waals surface area contributed by atoms with Crippen LogP contribution in [0.4, 0.5) is 5.82 Å². The van der Waals surface area contributed by atoms with Crippen LogP contribution in [0.3, 0.4) is 0 Å². The molecule has 1 aliphatic rings. The molecule has 2 heterocycles. The number of aryl methyl sites for hydroxylation is 1. The largest absolute Gasteiger partial charge is 0.376 e. The Kier molecular flexibility index (Phi) is 9.31. The first-order valence-electron chi connectivity index (χ1n) is 10.2. The van der Waals surface area contributed by atoms with E-state index < -0.39 is 0 Å². The summed E-state index contributed by atoms with van der Waals surface area (Å²) in [6, 6.07) is 1.65. The van der Waals surface area contributed by atoms with Crippen LogP contribution in [0.1, 0.15) is 70.5 Å². The molecule has 1 N–H and O–H groups in total. The van der Waals surface area contributed by atoms with Gasteiger partial charge in [0.15, 0.2) is 5.82 Å². The van der Waals surface area contributed by atoms with Gasteiger partial charge in [-0.15, -0.1) is 0 Å². The molecule has 7 heteroatoms. The maximum atomic E-state index is 12.7. The summed E-state index contributed by atoms with van der Waals surface area (Å²) in [4.78, 5) is 26.6. The summed E-state index contributed by atoms with van der Waals surface area (Å²) in [7, 11) is 0. The van der Waals surface area contributed by atoms with Gasteiger partial charge in [0.2, 0.25) is 11.8 Å². The quantitative estimate of drug-likeness (QED) is 0.560. The topological polar surface area (TPSA) is 84.7 Å². The van der Waals surface area contributed by atoms with Crippen LogP contribution in [-0.2, 0) is 14.3 Å². The third kappa shape index (κ3) is 8.12. The van der Waals surface area contributed by atoms with Gasteiger partial charge in [0.05, 0.1) is 12.6 Å². The second-order valence-electron chi connectivity index (χ2n) is 7.30. The van der Waals surface area contributed by atoms with Gasteiger partial charge in [-0.05, 0) is 26.2 Å². The monoisotopic (exact) mass is 379 g/mol. The normalized spacial score (nSPS) is 16.4. The number of carbonyl (C=O) groups is 2. The average Bonchev–Trinajstić information content (AvgIpc) is 3.29. The van der Waals surface area contributed by atoms with E-state index >= 15 is 0 Å². The fourth-order valence-corrected chi connectivity index (χ4v) is 3.28. The molecule has 1 aromatic rings.